The number of rotatable bonds is 3. The maximum absolute atomic E-state index is 12.7. The first-order valence-corrected chi connectivity index (χ1v) is 9.68. The van der Waals surface area contributed by atoms with Gasteiger partial charge in [0.1, 0.15) is 6.10 Å². The lowest BCUT2D eigenvalue weighted by Gasteiger charge is -2.37. The topological polar surface area (TPSA) is 53.1 Å². The van der Waals surface area contributed by atoms with E-state index in [1.165, 1.54) is 11.1 Å². The first kappa shape index (κ1) is 17.5. The summed E-state index contributed by atoms with van der Waals surface area (Å²) in [4.78, 5) is 31.1. The van der Waals surface area contributed by atoms with Crippen molar-refractivity contribution in [2.45, 2.75) is 31.9 Å². The van der Waals surface area contributed by atoms with Crippen LogP contribution < -0.4 is 0 Å². The molecule has 0 unspecified atom stereocenters. The predicted molar refractivity (Wildman–Crippen MR) is 97.6 cm³/mol. The fourth-order valence-electron chi connectivity index (χ4n) is 4.10. The Balaban J connectivity index is 1.25. The van der Waals surface area contributed by atoms with Crippen molar-refractivity contribution in [1.82, 2.24) is 14.7 Å². The van der Waals surface area contributed by atoms with Gasteiger partial charge in [0.15, 0.2) is 0 Å². The van der Waals surface area contributed by atoms with Gasteiger partial charge < -0.3 is 14.5 Å². The molecule has 0 aliphatic carbocycles. The SMILES string of the molecule is O=C(CN1CCN(C(=O)[C@H]2CCCO2)CC1)N1CCc2ccccc2C1. The van der Waals surface area contributed by atoms with Gasteiger partial charge in [0.25, 0.3) is 5.91 Å². The van der Waals surface area contributed by atoms with Gasteiger partial charge in [-0.1, -0.05) is 24.3 Å². The Labute approximate surface area is 154 Å². The van der Waals surface area contributed by atoms with Crippen LogP contribution in [-0.2, 0) is 27.3 Å². The lowest BCUT2D eigenvalue weighted by Crippen LogP contribution is -2.53. The fourth-order valence-corrected chi connectivity index (χ4v) is 4.10. The summed E-state index contributed by atoms with van der Waals surface area (Å²) in [5.41, 5.74) is 2.62. The third-order valence-electron chi connectivity index (χ3n) is 5.73. The Morgan fingerprint density at radius 2 is 1.77 bits per heavy atom. The van der Waals surface area contributed by atoms with E-state index in [1.54, 1.807) is 0 Å². The average molecular weight is 357 g/mol. The summed E-state index contributed by atoms with van der Waals surface area (Å²) in [6, 6.07) is 8.37. The molecule has 1 aromatic rings. The van der Waals surface area contributed by atoms with Crippen LogP contribution in [0.25, 0.3) is 0 Å². The van der Waals surface area contributed by atoms with E-state index in [-0.39, 0.29) is 17.9 Å². The Morgan fingerprint density at radius 3 is 2.50 bits per heavy atom. The highest BCUT2D eigenvalue weighted by Gasteiger charge is 2.31. The van der Waals surface area contributed by atoms with Crippen LogP contribution in [0.3, 0.4) is 0 Å². The van der Waals surface area contributed by atoms with Gasteiger partial charge in [-0.3, -0.25) is 14.5 Å². The predicted octanol–water partition coefficient (Wildman–Crippen LogP) is 0.895. The summed E-state index contributed by atoms with van der Waals surface area (Å²) in [6.45, 7) is 5.56. The minimum Gasteiger partial charge on any atom is -0.368 e. The molecule has 2 saturated heterocycles. The zero-order valence-corrected chi connectivity index (χ0v) is 15.2. The van der Waals surface area contributed by atoms with Crippen molar-refractivity contribution in [3.05, 3.63) is 35.4 Å². The highest BCUT2D eigenvalue weighted by molar-refractivity contribution is 5.81. The van der Waals surface area contributed by atoms with Gasteiger partial charge >= 0.3 is 0 Å². The lowest BCUT2D eigenvalue weighted by molar-refractivity contribution is -0.143. The van der Waals surface area contributed by atoms with Crippen molar-refractivity contribution in [3.63, 3.8) is 0 Å². The van der Waals surface area contributed by atoms with Crippen molar-refractivity contribution in [3.8, 4) is 0 Å². The number of hydrogen-bond donors (Lipinski definition) is 0. The Morgan fingerprint density at radius 1 is 1.00 bits per heavy atom. The largest absolute Gasteiger partial charge is 0.368 e. The Bertz CT molecular complexity index is 664. The maximum Gasteiger partial charge on any atom is 0.251 e. The lowest BCUT2D eigenvalue weighted by atomic mass is 10.00. The fraction of sp³-hybridized carbons (Fsp3) is 0.600. The summed E-state index contributed by atoms with van der Waals surface area (Å²) in [7, 11) is 0. The van der Waals surface area contributed by atoms with E-state index in [0.29, 0.717) is 32.8 Å². The zero-order valence-electron chi connectivity index (χ0n) is 15.2. The van der Waals surface area contributed by atoms with Crippen molar-refractivity contribution in [1.29, 1.82) is 0 Å². The summed E-state index contributed by atoms with van der Waals surface area (Å²) in [6.07, 6.45) is 2.51. The first-order chi connectivity index (χ1) is 12.7. The molecular formula is C20H27N3O3. The molecule has 2 fully saturated rings. The molecule has 4 rings (SSSR count). The minimum atomic E-state index is -0.239. The van der Waals surface area contributed by atoms with Crippen LogP contribution in [0.1, 0.15) is 24.0 Å². The van der Waals surface area contributed by atoms with E-state index >= 15 is 0 Å². The van der Waals surface area contributed by atoms with Gasteiger partial charge in [0.05, 0.1) is 6.54 Å². The molecule has 6 heteroatoms. The van der Waals surface area contributed by atoms with Gasteiger partial charge in [0, 0.05) is 45.9 Å². The molecule has 0 bridgehead atoms. The van der Waals surface area contributed by atoms with Gasteiger partial charge in [-0.25, -0.2) is 0 Å². The molecule has 26 heavy (non-hydrogen) atoms. The van der Waals surface area contributed by atoms with Crippen LogP contribution in [0.15, 0.2) is 24.3 Å². The number of carbonyl (C=O) groups excluding carboxylic acids is 2. The second-order valence-corrected chi connectivity index (χ2v) is 7.44. The number of amides is 2. The smallest absolute Gasteiger partial charge is 0.251 e. The van der Waals surface area contributed by atoms with Gasteiger partial charge in [-0.2, -0.15) is 0 Å². The van der Waals surface area contributed by atoms with Crippen LogP contribution >= 0.6 is 0 Å². The molecule has 3 heterocycles. The van der Waals surface area contributed by atoms with E-state index in [9.17, 15) is 9.59 Å². The van der Waals surface area contributed by atoms with Crippen molar-refractivity contribution < 1.29 is 14.3 Å². The Kier molecular flexibility index (Phi) is 5.22. The van der Waals surface area contributed by atoms with Crippen LogP contribution in [0.4, 0.5) is 0 Å². The molecule has 3 aliphatic rings. The van der Waals surface area contributed by atoms with Gasteiger partial charge in [-0.15, -0.1) is 0 Å². The molecular weight excluding hydrogens is 330 g/mol. The molecule has 1 atom stereocenters. The van der Waals surface area contributed by atoms with Crippen LogP contribution in [0.5, 0.6) is 0 Å². The van der Waals surface area contributed by atoms with E-state index in [1.807, 2.05) is 15.9 Å². The van der Waals surface area contributed by atoms with Crippen molar-refractivity contribution in [2.75, 3.05) is 45.9 Å². The number of carbonyl (C=O) groups is 2. The first-order valence-electron chi connectivity index (χ1n) is 9.68. The summed E-state index contributed by atoms with van der Waals surface area (Å²) in [5.74, 6) is 0.319. The average Bonchev–Trinajstić information content (AvgIpc) is 3.22. The third-order valence-corrected chi connectivity index (χ3v) is 5.73. The quantitative estimate of drug-likeness (QED) is 0.806. The van der Waals surface area contributed by atoms with Crippen LogP contribution in [-0.4, -0.2) is 78.5 Å². The standard InChI is InChI=1S/C20H27N3O3/c24-19(23-8-7-16-4-1-2-5-17(16)14-23)15-21-9-11-22(12-10-21)20(25)18-6-3-13-26-18/h1-2,4-5,18H,3,6-15H2/t18-/m1/s1. The van der Waals surface area contributed by atoms with Crippen molar-refractivity contribution >= 4 is 11.8 Å². The zero-order chi connectivity index (χ0) is 17.9. The molecule has 0 aromatic heterocycles. The highest BCUT2D eigenvalue weighted by Crippen LogP contribution is 2.19. The molecule has 2 amide bonds. The number of benzene rings is 1. The summed E-state index contributed by atoms with van der Waals surface area (Å²) >= 11 is 0. The van der Waals surface area contributed by atoms with Gasteiger partial charge in [-0.05, 0) is 30.4 Å². The van der Waals surface area contributed by atoms with Crippen LogP contribution in [0, 0.1) is 0 Å². The number of ether oxygens (including phenoxy) is 1. The molecule has 1 aromatic carbocycles. The number of fused-ring (bicyclic) bond motifs is 1. The number of nitrogens with zero attached hydrogens (tertiary/aromatic N) is 3. The molecule has 0 radical (unpaired) electrons. The number of hydrogen-bond acceptors (Lipinski definition) is 4. The molecule has 140 valence electrons. The summed E-state index contributed by atoms with van der Waals surface area (Å²) in [5, 5.41) is 0. The van der Waals surface area contributed by atoms with Crippen LogP contribution in [0.2, 0.25) is 0 Å². The molecule has 0 saturated carbocycles. The maximum atomic E-state index is 12.7. The third kappa shape index (κ3) is 3.76. The van der Waals surface area contributed by atoms with Crippen molar-refractivity contribution in [2.24, 2.45) is 0 Å². The van der Waals surface area contributed by atoms with E-state index in [2.05, 4.69) is 23.1 Å². The highest BCUT2D eigenvalue weighted by atomic mass is 16.5. The second-order valence-electron chi connectivity index (χ2n) is 7.44. The number of piperazine rings is 1. The second kappa shape index (κ2) is 7.76. The van der Waals surface area contributed by atoms with Gasteiger partial charge in [0.2, 0.25) is 5.91 Å². The normalized spacial score (nSPS) is 23.8. The monoisotopic (exact) mass is 357 g/mol. The van der Waals surface area contributed by atoms with E-state index in [0.717, 1.165) is 38.9 Å². The molecule has 6 nitrogen and oxygen atoms in total. The minimum absolute atomic E-state index is 0.126. The molecule has 0 spiro atoms. The van der Waals surface area contributed by atoms with E-state index < -0.39 is 0 Å². The molecule has 0 N–H and O–H groups in total. The summed E-state index contributed by atoms with van der Waals surface area (Å²) < 4.78 is 5.50. The Hall–Kier alpha value is -1.92. The molecule has 3 aliphatic heterocycles. The van der Waals surface area contributed by atoms with E-state index in [4.69, 9.17) is 4.74 Å².